The van der Waals surface area contributed by atoms with Gasteiger partial charge in [0.15, 0.2) is 4.77 Å². The monoisotopic (exact) mass is 183 g/mol. The SMILES string of the molecule is CCCC1CC1n1cn[nH]c1=S. The van der Waals surface area contributed by atoms with E-state index in [-0.39, 0.29) is 0 Å². The summed E-state index contributed by atoms with van der Waals surface area (Å²) in [6.07, 6.45) is 5.67. The Morgan fingerprint density at radius 3 is 3.25 bits per heavy atom. The maximum Gasteiger partial charge on any atom is 0.195 e. The van der Waals surface area contributed by atoms with Crippen LogP contribution in [0.2, 0.25) is 0 Å². The normalized spacial score (nSPS) is 27.4. The predicted molar refractivity (Wildman–Crippen MR) is 49.5 cm³/mol. The Labute approximate surface area is 76.8 Å². The summed E-state index contributed by atoms with van der Waals surface area (Å²) in [6, 6.07) is 0.635. The van der Waals surface area contributed by atoms with Gasteiger partial charge in [0.25, 0.3) is 0 Å². The van der Waals surface area contributed by atoms with Crippen molar-refractivity contribution in [2.24, 2.45) is 5.92 Å². The van der Waals surface area contributed by atoms with Crippen LogP contribution in [-0.4, -0.2) is 14.8 Å². The van der Waals surface area contributed by atoms with E-state index in [1.165, 1.54) is 19.3 Å². The van der Waals surface area contributed by atoms with Gasteiger partial charge in [0.05, 0.1) is 0 Å². The fraction of sp³-hybridized carbons (Fsp3) is 0.750. The van der Waals surface area contributed by atoms with Gasteiger partial charge in [-0.2, -0.15) is 5.10 Å². The highest BCUT2D eigenvalue weighted by molar-refractivity contribution is 7.71. The molecule has 1 saturated carbocycles. The van der Waals surface area contributed by atoms with Gasteiger partial charge in [-0.05, 0) is 31.0 Å². The largest absolute Gasteiger partial charge is 0.303 e. The van der Waals surface area contributed by atoms with Crippen LogP contribution in [0, 0.1) is 10.7 Å². The first-order chi connectivity index (χ1) is 5.83. The second-order valence-corrected chi connectivity index (χ2v) is 3.81. The molecule has 0 bridgehead atoms. The molecular weight excluding hydrogens is 170 g/mol. The molecule has 0 saturated heterocycles. The summed E-state index contributed by atoms with van der Waals surface area (Å²) in [5.41, 5.74) is 0. The highest BCUT2D eigenvalue weighted by atomic mass is 32.1. The van der Waals surface area contributed by atoms with Crippen LogP contribution >= 0.6 is 12.2 Å². The highest BCUT2D eigenvalue weighted by Gasteiger charge is 2.37. The zero-order chi connectivity index (χ0) is 8.55. The van der Waals surface area contributed by atoms with Gasteiger partial charge in [-0.3, -0.25) is 5.10 Å². The molecule has 1 fully saturated rings. The van der Waals surface area contributed by atoms with E-state index in [9.17, 15) is 0 Å². The summed E-state index contributed by atoms with van der Waals surface area (Å²) in [5.74, 6) is 0.847. The molecule has 0 spiro atoms. The lowest BCUT2D eigenvalue weighted by atomic mass is 10.2. The Kier molecular flexibility index (Phi) is 2.00. The molecule has 0 aliphatic heterocycles. The quantitative estimate of drug-likeness (QED) is 0.729. The number of hydrogen-bond acceptors (Lipinski definition) is 2. The van der Waals surface area contributed by atoms with Crippen molar-refractivity contribution in [2.45, 2.75) is 32.2 Å². The predicted octanol–water partition coefficient (Wildman–Crippen LogP) is 2.30. The van der Waals surface area contributed by atoms with E-state index in [0.29, 0.717) is 6.04 Å². The van der Waals surface area contributed by atoms with E-state index >= 15 is 0 Å². The van der Waals surface area contributed by atoms with Crippen LogP contribution in [0.3, 0.4) is 0 Å². The van der Waals surface area contributed by atoms with Crippen LogP contribution in [-0.2, 0) is 0 Å². The summed E-state index contributed by atoms with van der Waals surface area (Å²) in [4.78, 5) is 0. The minimum Gasteiger partial charge on any atom is -0.303 e. The van der Waals surface area contributed by atoms with Crippen LogP contribution in [0.1, 0.15) is 32.2 Å². The van der Waals surface area contributed by atoms with E-state index < -0.39 is 0 Å². The van der Waals surface area contributed by atoms with E-state index in [1.807, 2.05) is 6.33 Å². The summed E-state index contributed by atoms with van der Waals surface area (Å²) in [7, 11) is 0. The maximum atomic E-state index is 5.08. The van der Waals surface area contributed by atoms with Gasteiger partial charge in [-0.25, -0.2) is 0 Å². The fourth-order valence-corrected chi connectivity index (χ4v) is 1.98. The zero-order valence-corrected chi connectivity index (χ0v) is 7.97. The average Bonchev–Trinajstić information content (AvgIpc) is 2.67. The summed E-state index contributed by atoms with van der Waals surface area (Å²) < 4.78 is 2.84. The smallest absolute Gasteiger partial charge is 0.195 e. The first kappa shape index (κ1) is 7.98. The Hall–Kier alpha value is -0.640. The molecule has 0 radical (unpaired) electrons. The summed E-state index contributed by atoms with van der Waals surface area (Å²) in [5, 5.41) is 6.69. The third-order valence-electron chi connectivity index (χ3n) is 2.48. The molecule has 1 heterocycles. The molecule has 4 heteroatoms. The number of aromatic nitrogens is 3. The highest BCUT2D eigenvalue weighted by Crippen LogP contribution is 2.46. The maximum absolute atomic E-state index is 5.08. The van der Waals surface area contributed by atoms with Crippen molar-refractivity contribution in [1.29, 1.82) is 0 Å². The minimum atomic E-state index is 0.635. The lowest BCUT2D eigenvalue weighted by molar-refractivity contribution is 0.602. The molecule has 2 atom stereocenters. The number of nitrogens with zero attached hydrogens (tertiary/aromatic N) is 2. The molecule has 1 N–H and O–H groups in total. The fourth-order valence-electron chi connectivity index (χ4n) is 1.75. The van der Waals surface area contributed by atoms with Gasteiger partial charge in [0.1, 0.15) is 6.33 Å². The molecule has 2 unspecified atom stereocenters. The van der Waals surface area contributed by atoms with Crippen molar-refractivity contribution in [3.63, 3.8) is 0 Å². The Bertz CT molecular complexity index is 314. The molecule has 12 heavy (non-hydrogen) atoms. The number of aromatic amines is 1. The molecule has 0 amide bonds. The van der Waals surface area contributed by atoms with Crippen molar-refractivity contribution >= 4 is 12.2 Å². The molecule has 0 aromatic carbocycles. The molecule has 3 nitrogen and oxygen atoms in total. The molecule has 1 aromatic heterocycles. The molecule has 1 aliphatic rings. The van der Waals surface area contributed by atoms with Gasteiger partial charge in [0, 0.05) is 6.04 Å². The first-order valence-electron chi connectivity index (χ1n) is 4.44. The lowest BCUT2D eigenvalue weighted by Gasteiger charge is -1.97. The molecule has 2 rings (SSSR count). The number of nitrogens with one attached hydrogen (secondary N) is 1. The van der Waals surface area contributed by atoms with Crippen molar-refractivity contribution in [3.05, 3.63) is 11.1 Å². The third-order valence-corrected chi connectivity index (χ3v) is 2.78. The van der Waals surface area contributed by atoms with Crippen molar-refractivity contribution in [3.8, 4) is 0 Å². The molecule has 1 aromatic rings. The van der Waals surface area contributed by atoms with Gasteiger partial charge < -0.3 is 4.57 Å². The van der Waals surface area contributed by atoms with Gasteiger partial charge >= 0.3 is 0 Å². The lowest BCUT2D eigenvalue weighted by Crippen LogP contribution is -1.94. The van der Waals surface area contributed by atoms with Crippen LogP contribution in [0.4, 0.5) is 0 Å². The van der Waals surface area contributed by atoms with Gasteiger partial charge in [-0.1, -0.05) is 13.3 Å². The standard InChI is InChI=1S/C8H13N3S/c1-2-3-6-4-7(6)11-5-9-10-8(11)12/h5-7H,2-4H2,1H3,(H,10,12). The van der Waals surface area contributed by atoms with E-state index in [4.69, 9.17) is 12.2 Å². The topological polar surface area (TPSA) is 33.6 Å². The first-order valence-corrected chi connectivity index (χ1v) is 4.85. The molecule has 66 valence electrons. The Morgan fingerprint density at radius 2 is 2.67 bits per heavy atom. The summed E-state index contributed by atoms with van der Waals surface area (Å²) in [6.45, 7) is 2.23. The van der Waals surface area contributed by atoms with Crippen LogP contribution in [0.5, 0.6) is 0 Å². The van der Waals surface area contributed by atoms with E-state index in [0.717, 1.165) is 10.7 Å². The summed E-state index contributed by atoms with van der Waals surface area (Å²) >= 11 is 5.08. The van der Waals surface area contributed by atoms with Crippen LogP contribution in [0.25, 0.3) is 0 Å². The average molecular weight is 183 g/mol. The molecular formula is C8H13N3S. The zero-order valence-electron chi connectivity index (χ0n) is 7.16. The second-order valence-electron chi connectivity index (χ2n) is 3.42. The van der Waals surface area contributed by atoms with Crippen molar-refractivity contribution in [2.75, 3.05) is 0 Å². The minimum absolute atomic E-state index is 0.635. The van der Waals surface area contributed by atoms with Crippen molar-refractivity contribution < 1.29 is 0 Å². The van der Waals surface area contributed by atoms with Crippen LogP contribution in [0.15, 0.2) is 6.33 Å². The van der Waals surface area contributed by atoms with E-state index in [2.05, 4.69) is 21.7 Å². The molecule has 1 aliphatic carbocycles. The second kappa shape index (κ2) is 3.01. The number of H-pyrrole nitrogens is 1. The third kappa shape index (κ3) is 1.31. The van der Waals surface area contributed by atoms with Gasteiger partial charge in [-0.15, -0.1) is 0 Å². The van der Waals surface area contributed by atoms with Gasteiger partial charge in [0.2, 0.25) is 0 Å². The number of rotatable bonds is 3. The Morgan fingerprint density at radius 1 is 1.83 bits per heavy atom. The van der Waals surface area contributed by atoms with Crippen molar-refractivity contribution in [1.82, 2.24) is 14.8 Å². The Balaban J connectivity index is 2.06. The van der Waals surface area contributed by atoms with E-state index in [1.54, 1.807) is 0 Å². The van der Waals surface area contributed by atoms with Crippen LogP contribution < -0.4 is 0 Å². The number of hydrogen-bond donors (Lipinski definition) is 1.